The van der Waals surface area contributed by atoms with Crippen molar-refractivity contribution in [2.75, 3.05) is 13.7 Å². The minimum atomic E-state index is -0.216. The van der Waals surface area contributed by atoms with Gasteiger partial charge in [-0.1, -0.05) is 42.4 Å². The summed E-state index contributed by atoms with van der Waals surface area (Å²) in [5.41, 5.74) is 1.17. The quantitative estimate of drug-likeness (QED) is 0.260. The second kappa shape index (κ2) is 10.2. The molecule has 3 aromatic rings. The van der Waals surface area contributed by atoms with E-state index >= 15 is 0 Å². The molecule has 0 fully saturated rings. The first kappa shape index (κ1) is 23.2. The Bertz CT molecular complexity index is 1200. The van der Waals surface area contributed by atoms with Gasteiger partial charge < -0.3 is 9.47 Å². The number of hydrogen-bond acceptors (Lipinski definition) is 5. The molecular formula is C23H23Br2N3O3. The molecule has 1 heterocycles. The van der Waals surface area contributed by atoms with Gasteiger partial charge in [0, 0.05) is 20.4 Å². The SMILES string of the molecule is C=CCOc1cc(Br)c(C=Nn2c([C@@H](C)CC)nc3ccc(Br)cc3c2=O)cc1OC. The standard InChI is InChI=1S/C23H23Br2N3O3/c1-5-9-31-21-12-18(25)15(10-20(21)30-4)13-26-28-22(14(3)6-2)27-19-8-7-16(24)11-17(19)23(28)29/h5,7-8,10-14H,1,6,9H2,2-4H3/t14-/m0/s1. The van der Waals surface area contributed by atoms with Gasteiger partial charge in [0.25, 0.3) is 5.56 Å². The van der Waals surface area contributed by atoms with E-state index in [4.69, 9.17) is 14.5 Å². The third kappa shape index (κ3) is 5.07. The summed E-state index contributed by atoms with van der Waals surface area (Å²) in [5, 5.41) is 5.01. The molecule has 162 valence electrons. The van der Waals surface area contributed by atoms with Crippen LogP contribution in [0, 0.1) is 0 Å². The summed E-state index contributed by atoms with van der Waals surface area (Å²) >= 11 is 6.97. The molecule has 6 nitrogen and oxygen atoms in total. The van der Waals surface area contributed by atoms with Gasteiger partial charge >= 0.3 is 0 Å². The number of halogens is 2. The largest absolute Gasteiger partial charge is 0.493 e. The van der Waals surface area contributed by atoms with Crippen LogP contribution in [-0.2, 0) is 0 Å². The average molecular weight is 549 g/mol. The molecule has 8 heteroatoms. The van der Waals surface area contributed by atoms with Crippen molar-refractivity contribution in [3.05, 3.63) is 73.7 Å². The molecule has 1 aromatic heterocycles. The summed E-state index contributed by atoms with van der Waals surface area (Å²) < 4.78 is 14.0. The lowest BCUT2D eigenvalue weighted by molar-refractivity contribution is 0.326. The van der Waals surface area contributed by atoms with E-state index in [1.807, 2.05) is 19.1 Å². The number of nitrogens with zero attached hydrogens (tertiary/aromatic N) is 3. The van der Waals surface area contributed by atoms with Gasteiger partial charge in [-0.3, -0.25) is 4.79 Å². The van der Waals surface area contributed by atoms with Crippen molar-refractivity contribution < 1.29 is 9.47 Å². The number of rotatable bonds is 8. The Kier molecular flexibility index (Phi) is 7.67. The highest BCUT2D eigenvalue weighted by atomic mass is 79.9. The lowest BCUT2D eigenvalue weighted by Crippen LogP contribution is -2.23. The zero-order chi connectivity index (χ0) is 22.5. The number of ether oxygens (including phenoxy) is 2. The molecule has 0 N–H and O–H groups in total. The summed E-state index contributed by atoms with van der Waals surface area (Å²) in [4.78, 5) is 18.0. The Balaban J connectivity index is 2.13. The molecule has 0 amide bonds. The fraction of sp³-hybridized carbons (Fsp3) is 0.261. The molecule has 31 heavy (non-hydrogen) atoms. The Morgan fingerprint density at radius 1 is 1.26 bits per heavy atom. The van der Waals surface area contributed by atoms with E-state index in [0.29, 0.717) is 34.8 Å². The van der Waals surface area contributed by atoms with E-state index in [9.17, 15) is 4.79 Å². The van der Waals surface area contributed by atoms with E-state index in [-0.39, 0.29) is 11.5 Å². The van der Waals surface area contributed by atoms with Gasteiger partial charge in [0.05, 0.1) is 24.2 Å². The topological polar surface area (TPSA) is 65.7 Å². The molecule has 0 saturated heterocycles. The lowest BCUT2D eigenvalue weighted by Gasteiger charge is -2.14. The van der Waals surface area contributed by atoms with Crippen molar-refractivity contribution in [3.8, 4) is 11.5 Å². The maximum Gasteiger partial charge on any atom is 0.282 e. The maximum absolute atomic E-state index is 13.2. The van der Waals surface area contributed by atoms with Crippen LogP contribution in [0.15, 0.2) is 61.8 Å². The third-order valence-corrected chi connectivity index (χ3v) is 6.02. The fourth-order valence-electron chi connectivity index (χ4n) is 2.97. The molecule has 0 aliphatic carbocycles. The summed E-state index contributed by atoms with van der Waals surface area (Å²) in [5.74, 6) is 1.82. The van der Waals surface area contributed by atoms with E-state index in [0.717, 1.165) is 20.9 Å². The molecule has 0 spiro atoms. The highest BCUT2D eigenvalue weighted by Gasteiger charge is 2.16. The van der Waals surface area contributed by atoms with Gasteiger partial charge in [-0.2, -0.15) is 9.78 Å². The zero-order valence-corrected chi connectivity index (χ0v) is 20.7. The number of methoxy groups -OCH3 is 1. The molecule has 3 rings (SSSR count). The summed E-state index contributed by atoms with van der Waals surface area (Å²) in [6, 6.07) is 9.08. The smallest absolute Gasteiger partial charge is 0.282 e. The molecule has 0 unspecified atom stereocenters. The van der Waals surface area contributed by atoms with Crippen molar-refractivity contribution in [1.82, 2.24) is 9.66 Å². The molecule has 2 aromatic carbocycles. The van der Waals surface area contributed by atoms with Crippen LogP contribution in [0.25, 0.3) is 10.9 Å². The predicted octanol–water partition coefficient (Wildman–Crippen LogP) is 5.89. The molecule has 0 saturated carbocycles. The fourth-order valence-corrected chi connectivity index (χ4v) is 3.76. The highest BCUT2D eigenvalue weighted by molar-refractivity contribution is 9.10. The van der Waals surface area contributed by atoms with Crippen LogP contribution >= 0.6 is 31.9 Å². The van der Waals surface area contributed by atoms with Crippen molar-refractivity contribution in [3.63, 3.8) is 0 Å². The van der Waals surface area contributed by atoms with Gasteiger partial charge in [0.2, 0.25) is 0 Å². The van der Waals surface area contributed by atoms with Crippen molar-refractivity contribution in [2.45, 2.75) is 26.2 Å². The van der Waals surface area contributed by atoms with Gasteiger partial charge in [0.15, 0.2) is 11.5 Å². The van der Waals surface area contributed by atoms with Crippen molar-refractivity contribution >= 4 is 49.0 Å². The average Bonchev–Trinajstić information content (AvgIpc) is 2.77. The first-order chi connectivity index (χ1) is 14.9. The number of aromatic nitrogens is 2. The van der Waals surface area contributed by atoms with Crippen LogP contribution < -0.4 is 15.0 Å². The van der Waals surface area contributed by atoms with Gasteiger partial charge in [-0.05, 0) is 52.7 Å². The van der Waals surface area contributed by atoms with E-state index in [1.54, 1.807) is 37.6 Å². The summed E-state index contributed by atoms with van der Waals surface area (Å²) in [6.07, 6.45) is 4.11. The van der Waals surface area contributed by atoms with E-state index in [1.165, 1.54) is 4.68 Å². The van der Waals surface area contributed by atoms with Crippen molar-refractivity contribution in [2.24, 2.45) is 5.10 Å². The first-order valence-electron chi connectivity index (χ1n) is 9.77. The van der Waals surface area contributed by atoms with E-state index in [2.05, 4.69) is 50.5 Å². The second-order valence-corrected chi connectivity index (χ2v) is 8.70. The van der Waals surface area contributed by atoms with Gasteiger partial charge in [0.1, 0.15) is 12.4 Å². The molecular weight excluding hydrogens is 526 g/mol. The van der Waals surface area contributed by atoms with Crippen LogP contribution in [-0.4, -0.2) is 29.6 Å². The minimum absolute atomic E-state index is 0.0607. The van der Waals surface area contributed by atoms with Crippen LogP contribution in [0.5, 0.6) is 11.5 Å². The first-order valence-corrected chi connectivity index (χ1v) is 11.4. The molecule has 0 aliphatic rings. The molecule has 0 radical (unpaired) electrons. The van der Waals surface area contributed by atoms with Crippen LogP contribution in [0.4, 0.5) is 0 Å². The molecule has 1 atom stereocenters. The predicted molar refractivity (Wildman–Crippen MR) is 132 cm³/mol. The van der Waals surface area contributed by atoms with E-state index < -0.39 is 0 Å². The number of hydrogen-bond donors (Lipinski definition) is 0. The van der Waals surface area contributed by atoms with Gasteiger partial charge in [-0.15, -0.1) is 0 Å². The Morgan fingerprint density at radius 3 is 2.71 bits per heavy atom. The third-order valence-electron chi connectivity index (χ3n) is 4.84. The minimum Gasteiger partial charge on any atom is -0.493 e. The number of fused-ring (bicyclic) bond motifs is 1. The zero-order valence-electron chi connectivity index (χ0n) is 17.6. The number of benzene rings is 2. The van der Waals surface area contributed by atoms with Crippen molar-refractivity contribution in [1.29, 1.82) is 0 Å². The van der Waals surface area contributed by atoms with Crippen LogP contribution in [0.3, 0.4) is 0 Å². The Labute approximate surface area is 197 Å². The Morgan fingerprint density at radius 2 is 2.03 bits per heavy atom. The van der Waals surface area contributed by atoms with Gasteiger partial charge in [-0.25, -0.2) is 4.98 Å². The maximum atomic E-state index is 13.2. The lowest BCUT2D eigenvalue weighted by atomic mass is 10.1. The monoisotopic (exact) mass is 547 g/mol. The highest BCUT2D eigenvalue weighted by Crippen LogP contribution is 2.33. The second-order valence-electron chi connectivity index (χ2n) is 6.93. The summed E-state index contributed by atoms with van der Waals surface area (Å²) in [6.45, 7) is 8.11. The van der Waals surface area contributed by atoms with Crippen LogP contribution in [0.1, 0.15) is 37.6 Å². The Hall–Kier alpha value is -2.45. The summed E-state index contributed by atoms with van der Waals surface area (Å²) in [7, 11) is 1.57. The normalized spacial score (nSPS) is 12.3. The molecule has 0 aliphatic heterocycles. The molecule has 0 bridgehead atoms. The van der Waals surface area contributed by atoms with Crippen LogP contribution in [0.2, 0.25) is 0 Å².